The Labute approximate surface area is 452 Å². The number of carbonyl (C=O) groups excluding carboxylic acids is 1. The van der Waals surface area contributed by atoms with Crippen molar-refractivity contribution in [3.63, 3.8) is 0 Å². The summed E-state index contributed by atoms with van der Waals surface area (Å²) >= 11 is 1.36. The lowest BCUT2D eigenvalue weighted by Crippen LogP contribution is -2.42. The molecular formula is C58H59N7O12S. The Bertz CT molecular complexity index is 3460. The Balaban J connectivity index is 0.929. The molecule has 0 spiro atoms. The summed E-state index contributed by atoms with van der Waals surface area (Å²) in [5.74, 6) is 0.675. The van der Waals surface area contributed by atoms with E-state index in [1.54, 1.807) is 56.0 Å². The number of esters is 1. The van der Waals surface area contributed by atoms with E-state index in [2.05, 4.69) is 15.0 Å². The number of hydrogen-bond donors (Lipinski definition) is 2. The van der Waals surface area contributed by atoms with Crippen molar-refractivity contribution in [1.82, 2.24) is 28.7 Å². The highest BCUT2D eigenvalue weighted by atomic mass is 32.2. The van der Waals surface area contributed by atoms with Gasteiger partial charge in [-0.1, -0.05) is 110 Å². The van der Waals surface area contributed by atoms with Gasteiger partial charge in [-0.3, -0.25) is 23.7 Å². The number of aryl methyl sites for hydroxylation is 1. The number of rotatable bonds is 21. The number of imidazole rings is 1. The molecule has 8 aromatic rings. The van der Waals surface area contributed by atoms with Gasteiger partial charge in [-0.2, -0.15) is 4.98 Å². The van der Waals surface area contributed by atoms with Crippen LogP contribution < -0.4 is 32.0 Å². The molecule has 2 aliphatic rings. The van der Waals surface area contributed by atoms with Crippen molar-refractivity contribution < 1.29 is 42.7 Å². The van der Waals surface area contributed by atoms with Crippen molar-refractivity contribution in [1.29, 1.82) is 0 Å². The number of nitrogens with zero attached hydrogens (tertiary/aromatic N) is 5. The molecule has 2 fully saturated rings. The van der Waals surface area contributed by atoms with Crippen LogP contribution >= 0.6 is 11.8 Å². The summed E-state index contributed by atoms with van der Waals surface area (Å²) in [6, 6.07) is 43.4. The summed E-state index contributed by atoms with van der Waals surface area (Å²) in [7, 11) is 3.23. The first-order valence-electron chi connectivity index (χ1n) is 25.4. The highest BCUT2D eigenvalue weighted by molar-refractivity contribution is 7.99. The number of anilines is 1. The quantitative estimate of drug-likeness (QED) is 0.0407. The largest absolute Gasteiger partial charge is 0.497 e. The maximum Gasteiger partial charge on any atom is 0.338 e. The molecule has 3 unspecified atom stereocenters. The van der Waals surface area contributed by atoms with Gasteiger partial charge in [0.15, 0.2) is 11.2 Å². The summed E-state index contributed by atoms with van der Waals surface area (Å²) in [6.45, 7) is 3.68. The Kier molecular flexibility index (Phi) is 16.3. The molecule has 2 saturated heterocycles. The SMILES string of the molecule is COc1ccc(C(OC[C@H]2O[C@@H](n3cnc4c(=O)[nH]c(N)nc43)[C@H](C)[C@@H]2OCCSC2OC(n3cc(C)c(=O)n(COCc4ccccc4)c3=O)CC2OC(=O)c2ccccc2)(c2ccccc2)c2ccc(OC)cc2)cc1. The minimum atomic E-state index is -1.19. The molecule has 0 aliphatic carbocycles. The molecule has 20 heteroatoms. The van der Waals surface area contributed by atoms with Crippen molar-refractivity contribution in [2.24, 2.45) is 5.92 Å². The molecule has 10 rings (SSSR count). The van der Waals surface area contributed by atoms with E-state index < -0.39 is 64.6 Å². The van der Waals surface area contributed by atoms with Gasteiger partial charge >= 0.3 is 11.7 Å². The molecule has 5 heterocycles. The van der Waals surface area contributed by atoms with Gasteiger partial charge in [0.05, 0.1) is 52.0 Å². The van der Waals surface area contributed by atoms with Crippen LogP contribution in [0.5, 0.6) is 11.5 Å². The van der Waals surface area contributed by atoms with Crippen LogP contribution in [0.1, 0.15) is 64.0 Å². The van der Waals surface area contributed by atoms with Crippen molar-refractivity contribution >= 4 is 34.8 Å². The number of aromatic nitrogens is 6. The molecule has 19 nitrogen and oxygen atoms in total. The molecule has 0 radical (unpaired) electrons. The van der Waals surface area contributed by atoms with Gasteiger partial charge < -0.3 is 43.6 Å². The lowest BCUT2D eigenvalue weighted by Gasteiger charge is -2.37. The van der Waals surface area contributed by atoms with E-state index in [0.717, 1.165) is 26.8 Å². The summed E-state index contributed by atoms with van der Waals surface area (Å²) in [6.07, 6.45) is -0.714. The first kappa shape index (κ1) is 53.5. The highest BCUT2D eigenvalue weighted by Gasteiger charge is 2.47. The predicted octanol–water partition coefficient (Wildman–Crippen LogP) is 7.36. The number of nitrogen functional groups attached to an aromatic ring is 1. The Morgan fingerprint density at radius 3 is 2.10 bits per heavy atom. The maximum absolute atomic E-state index is 14.1. The molecule has 404 valence electrons. The number of fused-ring (bicyclic) bond motifs is 1. The number of methoxy groups -OCH3 is 2. The number of ether oxygens (including phenoxy) is 8. The first-order valence-corrected chi connectivity index (χ1v) is 26.5. The lowest BCUT2D eigenvalue weighted by molar-refractivity contribution is -0.102. The summed E-state index contributed by atoms with van der Waals surface area (Å²) in [5.41, 5.74) is 6.86. The van der Waals surface area contributed by atoms with Gasteiger partial charge in [0, 0.05) is 29.9 Å². The summed E-state index contributed by atoms with van der Waals surface area (Å²) in [4.78, 5) is 65.4. The zero-order chi connectivity index (χ0) is 54.3. The van der Waals surface area contributed by atoms with E-state index in [1.165, 1.54) is 28.9 Å². The number of benzene rings is 5. The third kappa shape index (κ3) is 11.1. The number of thioether (sulfide) groups is 1. The van der Waals surface area contributed by atoms with E-state index in [1.807, 2.05) is 116 Å². The molecule has 0 amide bonds. The minimum absolute atomic E-state index is 0.00687. The van der Waals surface area contributed by atoms with Crippen LogP contribution in [0.2, 0.25) is 0 Å². The van der Waals surface area contributed by atoms with E-state index >= 15 is 0 Å². The monoisotopic (exact) mass is 1080 g/mol. The van der Waals surface area contributed by atoms with Crippen molar-refractivity contribution in [2.75, 3.05) is 38.9 Å². The standard InChI is InChI=1S/C58H59N7O12S/c1-36-31-63(57(69)65(52(36)67)35-72-32-38-14-8-5-9-15-38)47-30-45(76-54(68)39-16-10-6-11-17-39)55(77-47)78-29-28-73-49-37(2)53(64-34-60-48-50(64)61-56(59)62-51(48)66)75-46(49)33-74-58(40-18-12-7-13-19-40,41-20-24-43(70-3)25-21-41)42-22-26-44(71-4)27-23-42/h5-27,31,34,37,45-47,49,53,55H,28-30,32-33,35H2,1-4H3,(H3,59,61,62,66)/t37-,45?,46-,47?,49+,53-,55?/m1/s1. The fourth-order valence-corrected chi connectivity index (χ4v) is 11.1. The number of hydrogen-bond acceptors (Lipinski definition) is 16. The number of carbonyl (C=O) groups is 1. The van der Waals surface area contributed by atoms with Crippen LogP contribution in [0, 0.1) is 12.8 Å². The number of nitrogens with one attached hydrogen (secondary N) is 1. The second-order valence-electron chi connectivity index (χ2n) is 18.9. The average Bonchev–Trinajstić information content (AvgIpc) is 4.31. The molecule has 3 N–H and O–H groups in total. The minimum Gasteiger partial charge on any atom is -0.497 e. The second-order valence-corrected chi connectivity index (χ2v) is 20.1. The predicted molar refractivity (Wildman–Crippen MR) is 291 cm³/mol. The third-order valence-corrected chi connectivity index (χ3v) is 15.1. The van der Waals surface area contributed by atoms with Gasteiger partial charge in [0.1, 0.15) is 53.9 Å². The van der Waals surface area contributed by atoms with Crippen molar-refractivity contribution in [2.45, 2.75) is 75.4 Å². The summed E-state index contributed by atoms with van der Waals surface area (Å²) < 4.78 is 55.0. The highest BCUT2D eigenvalue weighted by Crippen LogP contribution is 2.45. The van der Waals surface area contributed by atoms with Crippen molar-refractivity contribution in [3.8, 4) is 11.5 Å². The van der Waals surface area contributed by atoms with Gasteiger partial charge in [-0.05, 0) is 65.6 Å². The van der Waals surface area contributed by atoms with Crippen LogP contribution in [0.25, 0.3) is 11.2 Å². The van der Waals surface area contributed by atoms with Crippen molar-refractivity contribution in [3.05, 3.63) is 217 Å². The van der Waals surface area contributed by atoms with Gasteiger partial charge in [0.25, 0.3) is 11.1 Å². The zero-order valence-corrected chi connectivity index (χ0v) is 44.2. The van der Waals surface area contributed by atoms with Gasteiger partial charge in [-0.25, -0.2) is 19.1 Å². The Morgan fingerprint density at radius 2 is 1.45 bits per heavy atom. The molecule has 3 aromatic heterocycles. The molecule has 78 heavy (non-hydrogen) atoms. The average molecular weight is 1080 g/mol. The number of aromatic amines is 1. The number of nitrogens with two attached hydrogens (primary N) is 1. The van der Waals surface area contributed by atoms with Gasteiger partial charge in [0.2, 0.25) is 5.95 Å². The Morgan fingerprint density at radius 1 is 0.821 bits per heavy atom. The van der Waals surface area contributed by atoms with Gasteiger partial charge in [-0.15, -0.1) is 11.8 Å². The molecular weight excluding hydrogens is 1020 g/mol. The van der Waals surface area contributed by atoms with Crippen LogP contribution in [0.4, 0.5) is 5.95 Å². The zero-order valence-electron chi connectivity index (χ0n) is 43.3. The normalized spacial score (nSPS) is 20.2. The van der Waals surface area contributed by atoms with Crippen LogP contribution in [0.3, 0.4) is 0 Å². The molecule has 0 bridgehead atoms. The number of H-pyrrole nitrogens is 1. The van der Waals surface area contributed by atoms with E-state index in [0.29, 0.717) is 28.4 Å². The maximum atomic E-state index is 14.1. The summed E-state index contributed by atoms with van der Waals surface area (Å²) in [5, 5.41) is 0. The Hall–Kier alpha value is -7.85. The lowest BCUT2D eigenvalue weighted by atomic mass is 9.80. The molecule has 7 atom stereocenters. The first-order chi connectivity index (χ1) is 37.9. The van der Waals surface area contributed by atoms with E-state index in [9.17, 15) is 19.2 Å². The topological polar surface area (TPSA) is 224 Å². The molecule has 2 aliphatic heterocycles. The smallest absolute Gasteiger partial charge is 0.338 e. The fourth-order valence-electron chi connectivity index (χ4n) is 10.1. The van der Waals surface area contributed by atoms with Crippen LogP contribution in [0.15, 0.2) is 166 Å². The molecule has 5 aromatic carbocycles. The van der Waals surface area contributed by atoms with Crippen LogP contribution in [-0.4, -0.2) is 91.6 Å². The fraction of sp³-hybridized carbons (Fsp3) is 0.310. The van der Waals surface area contributed by atoms with E-state index in [-0.39, 0.29) is 56.0 Å². The van der Waals surface area contributed by atoms with E-state index in [4.69, 9.17) is 43.6 Å². The second kappa shape index (κ2) is 23.8. The molecule has 0 saturated carbocycles. The van der Waals surface area contributed by atoms with Crippen LogP contribution in [-0.2, 0) is 47.4 Å². The third-order valence-electron chi connectivity index (χ3n) is 14.0.